The number of hydrogen-bond donors (Lipinski definition) is 1. The predicted molar refractivity (Wildman–Crippen MR) is 97.8 cm³/mol. The van der Waals surface area contributed by atoms with Gasteiger partial charge in [0.15, 0.2) is 0 Å². The van der Waals surface area contributed by atoms with E-state index in [1.54, 1.807) is 13.0 Å². The molecule has 0 fully saturated rings. The summed E-state index contributed by atoms with van der Waals surface area (Å²) in [5.41, 5.74) is 5.76. The highest BCUT2D eigenvalue weighted by molar-refractivity contribution is 6.00. The minimum Gasteiger partial charge on any atom is -0.494 e. The van der Waals surface area contributed by atoms with Gasteiger partial charge in [-0.15, -0.1) is 0 Å². The van der Waals surface area contributed by atoms with Gasteiger partial charge >= 0.3 is 0 Å². The monoisotopic (exact) mass is 386 g/mol. The fourth-order valence-corrected chi connectivity index (χ4v) is 2.71. The van der Waals surface area contributed by atoms with Crippen LogP contribution in [0, 0.1) is 6.92 Å². The van der Waals surface area contributed by atoms with Crippen molar-refractivity contribution < 1.29 is 18.3 Å². The SMILES string of the molecule is COc1cnc(C(F)F)cc1-c1cc(-n2ccc(C)cc2=O)ncc1C(N)=O. The van der Waals surface area contributed by atoms with Crippen LogP contribution in [0.15, 0.2) is 47.7 Å². The molecule has 144 valence electrons. The van der Waals surface area contributed by atoms with Crippen molar-refractivity contribution in [1.29, 1.82) is 0 Å². The summed E-state index contributed by atoms with van der Waals surface area (Å²) in [6, 6.07) is 5.68. The van der Waals surface area contributed by atoms with E-state index in [-0.39, 0.29) is 33.8 Å². The van der Waals surface area contributed by atoms with Crippen molar-refractivity contribution in [2.75, 3.05) is 7.11 Å². The number of nitrogens with zero attached hydrogens (tertiary/aromatic N) is 3. The standard InChI is InChI=1S/C19H16F2N4O3/c1-10-3-4-25(17(26)5-10)16-7-11(13(8-24-16)19(22)27)12-6-14(18(20)21)23-9-15(12)28-2/h3-9,18H,1-2H3,(H2,22,27). The number of nitrogens with two attached hydrogens (primary N) is 1. The van der Waals surface area contributed by atoms with Crippen LogP contribution in [-0.4, -0.2) is 27.6 Å². The predicted octanol–water partition coefficient (Wildman–Crippen LogP) is 2.65. The van der Waals surface area contributed by atoms with Crippen LogP contribution in [0.3, 0.4) is 0 Å². The van der Waals surface area contributed by atoms with E-state index < -0.39 is 18.0 Å². The molecule has 0 atom stereocenters. The number of carbonyl (C=O) groups excluding carboxylic acids is 1. The van der Waals surface area contributed by atoms with Crippen LogP contribution >= 0.6 is 0 Å². The van der Waals surface area contributed by atoms with Gasteiger partial charge in [-0.3, -0.25) is 19.1 Å². The number of hydrogen-bond acceptors (Lipinski definition) is 5. The average Bonchev–Trinajstić information content (AvgIpc) is 2.66. The van der Waals surface area contributed by atoms with Crippen LogP contribution in [-0.2, 0) is 0 Å². The smallest absolute Gasteiger partial charge is 0.280 e. The van der Waals surface area contributed by atoms with Gasteiger partial charge in [0, 0.05) is 29.6 Å². The van der Waals surface area contributed by atoms with E-state index in [0.717, 1.165) is 17.8 Å². The summed E-state index contributed by atoms with van der Waals surface area (Å²) < 4.78 is 32.8. The molecule has 3 aromatic rings. The zero-order valence-electron chi connectivity index (χ0n) is 15.0. The lowest BCUT2D eigenvalue weighted by atomic mass is 10.00. The topological polar surface area (TPSA) is 100 Å². The van der Waals surface area contributed by atoms with Crippen LogP contribution in [0.2, 0.25) is 0 Å². The molecule has 0 saturated carbocycles. The summed E-state index contributed by atoms with van der Waals surface area (Å²) in [5.74, 6) is -0.439. The van der Waals surface area contributed by atoms with Gasteiger partial charge in [-0.2, -0.15) is 0 Å². The number of amides is 1. The molecular weight excluding hydrogens is 370 g/mol. The minimum absolute atomic E-state index is 0.00590. The molecule has 0 aliphatic carbocycles. The Morgan fingerprint density at radius 3 is 2.54 bits per heavy atom. The molecule has 0 unspecified atom stereocenters. The number of rotatable bonds is 5. The molecule has 0 saturated heterocycles. The first-order chi connectivity index (χ1) is 13.3. The number of aromatic nitrogens is 3. The van der Waals surface area contributed by atoms with Gasteiger partial charge in [0.1, 0.15) is 17.3 Å². The molecule has 3 heterocycles. The number of methoxy groups -OCH3 is 1. The Bertz CT molecular complexity index is 1110. The molecule has 28 heavy (non-hydrogen) atoms. The molecular formula is C19H16F2N4O3. The highest BCUT2D eigenvalue weighted by Crippen LogP contribution is 2.34. The molecule has 0 aromatic carbocycles. The Labute approximate surface area is 158 Å². The molecule has 1 amide bonds. The third-order valence-corrected chi connectivity index (χ3v) is 4.10. The van der Waals surface area contributed by atoms with Gasteiger partial charge in [0.2, 0.25) is 0 Å². The molecule has 0 aliphatic heterocycles. The zero-order chi connectivity index (χ0) is 20.4. The number of ether oxygens (including phenoxy) is 1. The van der Waals surface area contributed by atoms with Gasteiger partial charge < -0.3 is 10.5 Å². The quantitative estimate of drug-likeness (QED) is 0.727. The number of alkyl halides is 2. The Kier molecular flexibility index (Phi) is 5.16. The van der Waals surface area contributed by atoms with E-state index in [2.05, 4.69) is 9.97 Å². The minimum atomic E-state index is -2.82. The maximum Gasteiger partial charge on any atom is 0.280 e. The van der Waals surface area contributed by atoms with Crippen molar-refractivity contribution in [3.8, 4) is 22.7 Å². The van der Waals surface area contributed by atoms with Crippen molar-refractivity contribution in [3.63, 3.8) is 0 Å². The maximum absolute atomic E-state index is 13.1. The van der Waals surface area contributed by atoms with Crippen molar-refractivity contribution in [2.45, 2.75) is 13.3 Å². The lowest BCUT2D eigenvalue weighted by Gasteiger charge is -2.14. The van der Waals surface area contributed by atoms with Gasteiger partial charge in [-0.05, 0) is 30.7 Å². The van der Waals surface area contributed by atoms with Crippen molar-refractivity contribution in [3.05, 3.63) is 70.0 Å². The van der Waals surface area contributed by atoms with Crippen LogP contribution in [0.25, 0.3) is 16.9 Å². The van der Waals surface area contributed by atoms with E-state index in [1.165, 1.54) is 36.2 Å². The third kappa shape index (κ3) is 3.59. The lowest BCUT2D eigenvalue weighted by molar-refractivity contribution is 0.100. The highest BCUT2D eigenvalue weighted by atomic mass is 19.3. The first kappa shape index (κ1) is 19.2. The van der Waals surface area contributed by atoms with Gasteiger partial charge in [0.05, 0.1) is 18.9 Å². The largest absolute Gasteiger partial charge is 0.494 e. The van der Waals surface area contributed by atoms with E-state index in [1.807, 2.05) is 0 Å². The van der Waals surface area contributed by atoms with Crippen LogP contribution in [0.1, 0.15) is 28.0 Å². The second-order valence-corrected chi connectivity index (χ2v) is 5.97. The molecule has 0 bridgehead atoms. The second kappa shape index (κ2) is 7.55. The van der Waals surface area contributed by atoms with Crippen LogP contribution in [0.5, 0.6) is 5.75 Å². The third-order valence-electron chi connectivity index (χ3n) is 4.10. The Balaban J connectivity index is 2.29. The lowest BCUT2D eigenvalue weighted by Crippen LogP contribution is -2.19. The van der Waals surface area contributed by atoms with Crippen molar-refractivity contribution >= 4 is 5.91 Å². The number of carbonyl (C=O) groups is 1. The van der Waals surface area contributed by atoms with E-state index in [0.29, 0.717) is 0 Å². The van der Waals surface area contributed by atoms with Crippen molar-refractivity contribution in [1.82, 2.24) is 14.5 Å². The average molecular weight is 386 g/mol. The van der Waals surface area contributed by atoms with Crippen LogP contribution in [0.4, 0.5) is 8.78 Å². The molecule has 3 rings (SSSR count). The molecule has 2 N–H and O–H groups in total. The molecule has 0 spiro atoms. The number of primary amides is 1. The normalized spacial score (nSPS) is 10.9. The van der Waals surface area contributed by atoms with Gasteiger partial charge in [-0.1, -0.05) is 0 Å². The molecule has 9 heteroatoms. The summed E-state index contributed by atoms with van der Waals surface area (Å²) in [4.78, 5) is 31.9. The highest BCUT2D eigenvalue weighted by Gasteiger charge is 2.20. The fraction of sp³-hybridized carbons (Fsp3) is 0.158. The van der Waals surface area contributed by atoms with E-state index >= 15 is 0 Å². The zero-order valence-corrected chi connectivity index (χ0v) is 15.0. The molecule has 7 nitrogen and oxygen atoms in total. The first-order valence-electron chi connectivity index (χ1n) is 8.13. The summed E-state index contributed by atoms with van der Waals surface area (Å²) >= 11 is 0. The second-order valence-electron chi connectivity index (χ2n) is 5.97. The van der Waals surface area contributed by atoms with E-state index in [9.17, 15) is 18.4 Å². The van der Waals surface area contributed by atoms with E-state index in [4.69, 9.17) is 10.5 Å². The number of pyridine rings is 3. The van der Waals surface area contributed by atoms with Gasteiger partial charge in [-0.25, -0.2) is 13.8 Å². The Hall–Kier alpha value is -3.62. The molecule has 0 aliphatic rings. The number of aryl methyl sites for hydroxylation is 1. The summed E-state index contributed by atoms with van der Waals surface area (Å²) in [6.45, 7) is 1.77. The molecule has 3 aromatic heterocycles. The fourth-order valence-electron chi connectivity index (χ4n) is 2.71. The van der Waals surface area contributed by atoms with Gasteiger partial charge in [0.25, 0.3) is 17.9 Å². The molecule has 0 radical (unpaired) electrons. The van der Waals surface area contributed by atoms with Crippen molar-refractivity contribution in [2.24, 2.45) is 5.73 Å². The first-order valence-corrected chi connectivity index (χ1v) is 8.13. The summed E-state index contributed by atoms with van der Waals surface area (Å²) in [5, 5.41) is 0. The maximum atomic E-state index is 13.1. The Morgan fingerprint density at radius 1 is 1.18 bits per heavy atom. The number of halogens is 2. The summed E-state index contributed by atoms with van der Waals surface area (Å²) in [7, 11) is 1.35. The Morgan fingerprint density at radius 2 is 1.93 bits per heavy atom. The summed E-state index contributed by atoms with van der Waals surface area (Å²) in [6.07, 6.45) is 1.05. The van der Waals surface area contributed by atoms with Crippen LogP contribution < -0.4 is 16.0 Å².